The second-order valence-corrected chi connectivity index (χ2v) is 7.28. The lowest BCUT2D eigenvalue weighted by molar-refractivity contribution is 0.0996. The Hall–Kier alpha value is 0.200. The number of hydrogen-bond acceptors (Lipinski definition) is 3. The van der Waals surface area contributed by atoms with E-state index in [4.69, 9.17) is 27.9 Å². The maximum Gasteiger partial charge on any atom is 0.0991 e. The van der Waals surface area contributed by atoms with Crippen LogP contribution in [-0.2, 0) is 4.74 Å². The van der Waals surface area contributed by atoms with Gasteiger partial charge in [-0.05, 0) is 44.7 Å². The summed E-state index contributed by atoms with van der Waals surface area (Å²) in [7, 11) is 0. The van der Waals surface area contributed by atoms with Crippen LogP contribution in [0.5, 0.6) is 0 Å². The van der Waals surface area contributed by atoms with Crippen molar-refractivity contribution in [3.05, 3.63) is 20.3 Å². The molecule has 2 atom stereocenters. The van der Waals surface area contributed by atoms with Crippen LogP contribution in [0.1, 0.15) is 50.6 Å². The molecule has 1 saturated heterocycles. The molecule has 1 fully saturated rings. The summed E-state index contributed by atoms with van der Waals surface area (Å²) in [5.41, 5.74) is 1.14. The van der Waals surface area contributed by atoms with Crippen LogP contribution in [0.15, 0.2) is 6.07 Å². The number of rotatable bonds is 7. The Labute approximate surface area is 129 Å². The van der Waals surface area contributed by atoms with Gasteiger partial charge in [-0.2, -0.15) is 0 Å². The molecule has 0 radical (unpaired) electrons. The molecule has 5 heteroatoms. The summed E-state index contributed by atoms with van der Waals surface area (Å²) >= 11 is 13.8. The molecule has 0 saturated carbocycles. The molecule has 19 heavy (non-hydrogen) atoms. The fourth-order valence-electron chi connectivity index (χ4n) is 2.50. The minimum atomic E-state index is 0.292. The highest BCUT2D eigenvalue weighted by atomic mass is 35.5. The van der Waals surface area contributed by atoms with Crippen molar-refractivity contribution in [2.45, 2.75) is 51.2 Å². The first-order valence-electron chi connectivity index (χ1n) is 7.00. The highest BCUT2D eigenvalue weighted by Crippen LogP contribution is 2.37. The predicted octanol–water partition coefficient (Wildman–Crippen LogP) is 5.05. The first kappa shape index (κ1) is 15.6. The van der Waals surface area contributed by atoms with Gasteiger partial charge >= 0.3 is 0 Å². The van der Waals surface area contributed by atoms with Crippen molar-refractivity contribution in [2.75, 3.05) is 13.2 Å². The SMILES string of the molecule is CCCNC(CCC1CCCO1)c1cc(Cl)sc1Cl. The number of thiophene rings is 1. The Morgan fingerprint density at radius 3 is 2.95 bits per heavy atom. The van der Waals surface area contributed by atoms with Crippen LogP contribution in [0.2, 0.25) is 8.67 Å². The van der Waals surface area contributed by atoms with Gasteiger partial charge in [-0.25, -0.2) is 0 Å². The molecule has 0 aliphatic carbocycles. The van der Waals surface area contributed by atoms with E-state index in [0.717, 1.165) is 46.7 Å². The number of hydrogen-bond donors (Lipinski definition) is 1. The number of halogens is 2. The first-order valence-corrected chi connectivity index (χ1v) is 8.57. The number of nitrogens with one attached hydrogen (secondary N) is 1. The van der Waals surface area contributed by atoms with Crippen LogP contribution < -0.4 is 5.32 Å². The third kappa shape index (κ3) is 4.61. The summed E-state index contributed by atoms with van der Waals surface area (Å²) in [4.78, 5) is 0. The Morgan fingerprint density at radius 1 is 1.53 bits per heavy atom. The van der Waals surface area contributed by atoms with Gasteiger partial charge < -0.3 is 10.1 Å². The molecule has 1 aromatic rings. The van der Waals surface area contributed by atoms with Gasteiger partial charge in [0.25, 0.3) is 0 Å². The molecule has 0 amide bonds. The monoisotopic (exact) mass is 321 g/mol. The molecule has 1 N–H and O–H groups in total. The van der Waals surface area contributed by atoms with Gasteiger partial charge in [0, 0.05) is 18.2 Å². The molecular formula is C14H21Cl2NOS. The van der Waals surface area contributed by atoms with E-state index in [1.807, 2.05) is 6.07 Å². The molecule has 1 aliphatic heterocycles. The average Bonchev–Trinajstić information content (AvgIpc) is 3.00. The fraction of sp³-hybridized carbons (Fsp3) is 0.714. The summed E-state index contributed by atoms with van der Waals surface area (Å²) in [6, 6.07) is 2.29. The first-order chi connectivity index (χ1) is 9.20. The van der Waals surface area contributed by atoms with E-state index < -0.39 is 0 Å². The summed E-state index contributed by atoms with van der Waals surface area (Å²) in [5.74, 6) is 0. The standard InChI is InChI=1S/C14H21Cl2NOS/c1-2-7-17-12(6-5-10-4-3-8-18-10)11-9-13(15)19-14(11)16/h9-10,12,17H,2-8H2,1H3. The van der Waals surface area contributed by atoms with Gasteiger partial charge in [-0.3, -0.25) is 0 Å². The highest BCUT2D eigenvalue weighted by Gasteiger charge is 2.21. The van der Waals surface area contributed by atoms with E-state index in [9.17, 15) is 0 Å². The van der Waals surface area contributed by atoms with Crippen LogP contribution in [-0.4, -0.2) is 19.3 Å². The zero-order valence-electron chi connectivity index (χ0n) is 11.3. The van der Waals surface area contributed by atoms with Crippen molar-refractivity contribution in [1.29, 1.82) is 0 Å². The molecule has 1 aliphatic rings. The third-order valence-electron chi connectivity index (χ3n) is 3.50. The summed E-state index contributed by atoms with van der Waals surface area (Å²) in [6.07, 6.45) is 6.08. The second-order valence-electron chi connectivity index (χ2n) is 5.00. The lowest BCUT2D eigenvalue weighted by atomic mass is 10.0. The third-order valence-corrected chi connectivity index (χ3v) is 5.02. The lowest BCUT2D eigenvalue weighted by Gasteiger charge is -2.20. The van der Waals surface area contributed by atoms with E-state index in [0.29, 0.717) is 12.1 Å². The van der Waals surface area contributed by atoms with Crippen molar-refractivity contribution in [3.8, 4) is 0 Å². The van der Waals surface area contributed by atoms with Crippen LogP contribution in [0.25, 0.3) is 0 Å². The molecule has 2 heterocycles. The van der Waals surface area contributed by atoms with Gasteiger partial charge in [0.2, 0.25) is 0 Å². The molecule has 2 nitrogen and oxygen atoms in total. The largest absolute Gasteiger partial charge is 0.378 e. The predicted molar refractivity (Wildman–Crippen MR) is 83.6 cm³/mol. The average molecular weight is 322 g/mol. The molecular weight excluding hydrogens is 301 g/mol. The van der Waals surface area contributed by atoms with E-state index in [2.05, 4.69) is 12.2 Å². The topological polar surface area (TPSA) is 21.3 Å². The van der Waals surface area contributed by atoms with Crippen LogP contribution in [0.3, 0.4) is 0 Å². The summed E-state index contributed by atoms with van der Waals surface area (Å²) in [5, 5.41) is 3.57. The molecule has 0 aromatic carbocycles. The van der Waals surface area contributed by atoms with Crippen molar-refractivity contribution in [2.24, 2.45) is 0 Å². The van der Waals surface area contributed by atoms with E-state index in [1.54, 1.807) is 0 Å². The molecule has 108 valence electrons. The molecule has 0 spiro atoms. The van der Waals surface area contributed by atoms with Gasteiger partial charge in [0.15, 0.2) is 0 Å². The smallest absolute Gasteiger partial charge is 0.0991 e. The summed E-state index contributed by atoms with van der Waals surface area (Å²) < 4.78 is 7.27. The molecule has 1 aromatic heterocycles. The Balaban J connectivity index is 1.96. The maximum atomic E-state index is 6.28. The minimum Gasteiger partial charge on any atom is -0.378 e. The fourth-order valence-corrected chi connectivity index (χ4v) is 4.08. The van der Waals surface area contributed by atoms with Crippen molar-refractivity contribution in [3.63, 3.8) is 0 Å². The van der Waals surface area contributed by atoms with Crippen LogP contribution in [0.4, 0.5) is 0 Å². The van der Waals surface area contributed by atoms with Crippen molar-refractivity contribution < 1.29 is 4.74 Å². The quantitative estimate of drug-likeness (QED) is 0.758. The van der Waals surface area contributed by atoms with Gasteiger partial charge in [-0.15, -0.1) is 11.3 Å². The minimum absolute atomic E-state index is 0.292. The van der Waals surface area contributed by atoms with E-state index in [-0.39, 0.29) is 0 Å². The second kappa shape index (κ2) is 7.84. The van der Waals surface area contributed by atoms with Crippen molar-refractivity contribution in [1.82, 2.24) is 5.32 Å². The Morgan fingerprint density at radius 2 is 2.37 bits per heavy atom. The molecule has 2 unspecified atom stereocenters. The number of ether oxygens (including phenoxy) is 1. The highest BCUT2D eigenvalue weighted by molar-refractivity contribution is 7.20. The normalized spacial score (nSPS) is 20.9. The Kier molecular flexibility index (Phi) is 6.43. The van der Waals surface area contributed by atoms with Crippen molar-refractivity contribution >= 4 is 34.5 Å². The van der Waals surface area contributed by atoms with Crippen LogP contribution >= 0.6 is 34.5 Å². The zero-order valence-corrected chi connectivity index (χ0v) is 13.6. The van der Waals surface area contributed by atoms with E-state index in [1.165, 1.54) is 24.2 Å². The van der Waals surface area contributed by atoms with Gasteiger partial charge in [0.1, 0.15) is 0 Å². The molecule has 0 bridgehead atoms. The lowest BCUT2D eigenvalue weighted by Crippen LogP contribution is -2.23. The maximum absolute atomic E-state index is 6.28. The van der Waals surface area contributed by atoms with E-state index >= 15 is 0 Å². The summed E-state index contributed by atoms with van der Waals surface area (Å²) in [6.45, 7) is 4.09. The van der Waals surface area contributed by atoms with Crippen LogP contribution in [0, 0.1) is 0 Å². The van der Waals surface area contributed by atoms with Gasteiger partial charge in [0.05, 0.1) is 14.8 Å². The molecule has 2 rings (SSSR count). The Bertz CT molecular complexity index is 391. The zero-order chi connectivity index (χ0) is 13.7. The van der Waals surface area contributed by atoms with Gasteiger partial charge in [-0.1, -0.05) is 30.1 Å².